The normalized spacial score (nSPS) is 19.0. The first kappa shape index (κ1) is 10.0. The van der Waals surface area contributed by atoms with Gasteiger partial charge >= 0.3 is 0 Å². The summed E-state index contributed by atoms with van der Waals surface area (Å²) in [4.78, 5) is 11.7. The number of H-pyrrole nitrogens is 1. The Hall–Kier alpha value is -1.50. The van der Waals surface area contributed by atoms with E-state index in [4.69, 9.17) is 5.73 Å². The molecule has 82 valence electrons. The molecular formula is C8H14N6O. The van der Waals surface area contributed by atoms with Gasteiger partial charge < -0.3 is 11.1 Å². The van der Waals surface area contributed by atoms with E-state index in [2.05, 4.69) is 25.9 Å². The van der Waals surface area contributed by atoms with E-state index in [1.165, 1.54) is 0 Å². The van der Waals surface area contributed by atoms with Crippen molar-refractivity contribution in [3.8, 4) is 0 Å². The average Bonchev–Trinajstić information content (AvgIpc) is 2.88. The molecule has 1 saturated carbocycles. The second-order valence-corrected chi connectivity index (χ2v) is 3.88. The number of hydrogen-bond acceptors (Lipinski definition) is 5. The van der Waals surface area contributed by atoms with E-state index in [1.807, 2.05) is 0 Å². The Balaban J connectivity index is 2.04. The van der Waals surface area contributed by atoms with Gasteiger partial charge in [-0.05, 0) is 18.1 Å². The molecule has 1 aromatic rings. The fraction of sp³-hybridized carbons (Fsp3) is 0.750. The Kier molecular flexibility index (Phi) is 2.63. The monoisotopic (exact) mass is 210 g/mol. The summed E-state index contributed by atoms with van der Waals surface area (Å²) in [6.45, 7) is 0.455. The number of amides is 1. The smallest absolute Gasteiger partial charge is 0.293 e. The highest BCUT2D eigenvalue weighted by Gasteiger charge is 2.34. The van der Waals surface area contributed by atoms with Gasteiger partial charge in [0.2, 0.25) is 0 Å². The molecule has 0 bridgehead atoms. The van der Waals surface area contributed by atoms with Crippen LogP contribution in [0.4, 0.5) is 0 Å². The van der Waals surface area contributed by atoms with Crippen molar-refractivity contribution in [1.82, 2.24) is 25.9 Å². The van der Waals surface area contributed by atoms with Crippen LogP contribution >= 0.6 is 0 Å². The third kappa shape index (κ3) is 1.96. The maximum atomic E-state index is 11.7. The summed E-state index contributed by atoms with van der Waals surface area (Å²) >= 11 is 0. The number of tetrazole rings is 1. The van der Waals surface area contributed by atoms with Crippen molar-refractivity contribution >= 4 is 5.91 Å². The Morgan fingerprint density at radius 3 is 2.80 bits per heavy atom. The maximum Gasteiger partial charge on any atom is 0.293 e. The van der Waals surface area contributed by atoms with Crippen molar-refractivity contribution in [3.05, 3.63) is 5.82 Å². The van der Waals surface area contributed by atoms with Crippen LogP contribution in [0.5, 0.6) is 0 Å². The number of carbonyl (C=O) groups is 1. The summed E-state index contributed by atoms with van der Waals surface area (Å²) < 4.78 is 0. The van der Waals surface area contributed by atoms with Crippen LogP contribution in [-0.4, -0.2) is 38.6 Å². The van der Waals surface area contributed by atoms with Gasteiger partial charge in [0.05, 0.1) is 5.54 Å². The summed E-state index contributed by atoms with van der Waals surface area (Å²) in [5, 5.41) is 15.7. The second kappa shape index (κ2) is 3.93. The zero-order valence-electron chi connectivity index (χ0n) is 8.36. The van der Waals surface area contributed by atoms with E-state index in [1.54, 1.807) is 0 Å². The predicted molar refractivity (Wildman–Crippen MR) is 51.9 cm³/mol. The van der Waals surface area contributed by atoms with Gasteiger partial charge in [0.15, 0.2) is 0 Å². The van der Waals surface area contributed by atoms with E-state index in [0.717, 1.165) is 25.7 Å². The predicted octanol–water partition coefficient (Wildman–Crippen LogP) is -0.799. The molecule has 1 heterocycles. The van der Waals surface area contributed by atoms with Crippen LogP contribution in [0.1, 0.15) is 36.3 Å². The highest BCUT2D eigenvalue weighted by molar-refractivity contribution is 5.90. The minimum absolute atomic E-state index is 0.0646. The van der Waals surface area contributed by atoms with Gasteiger partial charge in [-0.3, -0.25) is 4.79 Å². The minimum Gasteiger partial charge on any atom is -0.342 e. The Bertz CT molecular complexity index is 329. The number of hydrogen-bond donors (Lipinski definition) is 3. The summed E-state index contributed by atoms with van der Waals surface area (Å²) in [5.41, 5.74) is 5.43. The quantitative estimate of drug-likeness (QED) is 0.605. The average molecular weight is 210 g/mol. The van der Waals surface area contributed by atoms with Crippen LogP contribution in [0.3, 0.4) is 0 Å². The fourth-order valence-electron chi connectivity index (χ4n) is 1.99. The zero-order chi connectivity index (χ0) is 10.7. The molecular weight excluding hydrogens is 196 g/mol. The third-order valence-corrected chi connectivity index (χ3v) is 2.88. The summed E-state index contributed by atoms with van der Waals surface area (Å²) in [5.74, 6) is -0.245. The van der Waals surface area contributed by atoms with Crippen molar-refractivity contribution < 1.29 is 4.79 Å². The molecule has 7 nitrogen and oxygen atoms in total. The van der Waals surface area contributed by atoms with Gasteiger partial charge in [0, 0.05) is 6.54 Å². The number of rotatable bonds is 3. The lowest BCUT2D eigenvalue weighted by atomic mass is 9.98. The standard InChI is InChI=1S/C8H14N6O/c9-5-8(3-1-2-4-8)10-7(15)6-11-13-14-12-6/h1-5,9H2,(H,10,15)(H,11,12,13,14). The molecule has 0 atom stereocenters. The van der Waals surface area contributed by atoms with Gasteiger partial charge in [-0.15, -0.1) is 10.2 Å². The van der Waals surface area contributed by atoms with Crippen LogP contribution in [0.15, 0.2) is 0 Å². The Morgan fingerprint density at radius 1 is 1.53 bits per heavy atom. The van der Waals surface area contributed by atoms with Crippen molar-refractivity contribution in [2.24, 2.45) is 5.73 Å². The van der Waals surface area contributed by atoms with Gasteiger partial charge in [-0.2, -0.15) is 5.21 Å². The Labute approximate surface area is 86.8 Å². The molecule has 7 heteroatoms. The molecule has 1 fully saturated rings. The van der Waals surface area contributed by atoms with Crippen LogP contribution in [-0.2, 0) is 0 Å². The first-order chi connectivity index (χ1) is 7.26. The number of nitrogens with zero attached hydrogens (tertiary/aromatic N) is 3. The second-order valence-electron chi connectivity index (χ2n) is 3.88. The molecule has 1 aliphatic carbocycles. The first-order valence-corrected chi connectivity index (χ1v) is 5.02. The van der Waals surface area contributed by atoms with Crippen LogP contribution < -0.4 is 11.1 Å². The minimum atomic E-state index is -0.309. The highest BCUT2D eigenvalue weighted by Crippen LogP contribution is 2.28. The van der Waals surface area contributed by atoms with Gasteiger partial charge in [0.25, 0.3) is 11.7 Å². The number of aromatic amines is 1. The van der Waals surface area contributed by atoms with Crippen LogP contribution in [0, 0.1) is 0 Å². The van der Waals surface area contributed by atoms with Crippen molar-refractivity contribution in [2.45, 2.75) is 31.2 Å². The largest absolute Gasteiger partial charge is 0.342 e. The van der Waals surface area contributed by atoms with Crippen molar-refractivity contribution in [1.29, 1.82) is 0 Å². The Morgan fingerprint density at radius 2 is 2.27 bits per heavy atom. The topological polar surface area (TPSA) is 110 Å². The van der Waals surface area contributed by atoms with Crippen molar-refractivity contribution in [2.75, 3.05) is 6.54 Å². The molecule has 0 spiro atoms. The lowest BCUT2D eigenvalue weighted by Gasteiger charge is -2.27. The lowest BCUT2D eigenvalue weighted by Crippen LogP contribution is -2.51. The maximum absolute atomic E-state index is 11.7. The molecule has 0 radical (unpaired) electrons. The number of aromatic nitrogens is 4. The molecule has 1 amide bonds. The number of nitrogens with two attached hydrogens (primary N) is 1. The van der Waals surface area contributed by atoms with Gasteiger partial charge in [0.1, 0.15) is 0 Å². The van der Waals surface area contributed by atoms with Gasteiger partial charge in [-0.1, -0.05) is 12.8 Å². The fourth-order valence-corrected chi connectivity index (χ4v) is 1.99. The molecule has 15 heavy (non-hydrogen) atoms. The van der Waals surface area contributed by atoms with Gasteiger partial charge in [-0.25, -0.2) is 0 Å². The van der Waals surface area contributed by atoms with E-state index < -0.39 is 0 Å². The number of carbonyl (C=O) groups excluding carboxylic acids is 1. The molecule has 0 aromatic carbocycles. The van der Waals surface area contributed by atoms with E-state index in [0.29, 0.717) is 6.54 Å². The molecule has 4 N–H and O–H groups in total. The number of nitrogens with one attached hydrogen (secondary N) is 2. The van der Waals surface area contributed by atoms with Crippen molar-refractivity contribution in [3.63, 3.8) is 0 Å². The van der Waals surface area contributed by atoms with Crippen LogP contribution in [0.2, 0.25) is 0 Å². The molecule has 2 rings (SSSR count). The van der Waals surface area contributed by atoms with E-state index in [9.17, 15) is 4.79 Å². The van der Waals surface area contributed by atoms with Crippen LogP contribution in [0.25, 0.3) is 0 Å². The third-order valence-electron chi connectivity index (χ3n) is 2.88. The molecule has 1 aliphatic rings. The summed E-state index contributed by atoms with van der Waals surface area (Å²) in [7, 11) is 0. The SMILES string of the molecule is NCC1(NC(=O)c2nn[nH]n2)CCCC1. The first-order valence-electron chi connectivity index (χ1n) is 5.02. The summed E-state index contributed by atoms with van der Waals surface area (Å²) in [6.07, 6.45) is 4.05. The van der Waals surface area contributed by atoms with E-state index in [-0.39, 0.29) is 17.3 Å². The molecule has 0 saturated heterocycles. The summed E-state index contributed by atoms with van der Waals surface area (Å²) in [6, 6.07) is 0. The van der Waals surface area contributed by atoms with E-state index >= 15 is 0 Å². The molecule has 0 aliphatic heterocycles. The molecule has 1 aromatic heterocycles. The lowest BCUT2D eigenvalue weighted by molar-refractivity contribution is 0.0892. The zero-order valence-corrected chi connectivity index (χ0v) is 8.36. The highest BCUT2D eigenvalue weighted by atomic mass is 16.2. The molecule has 0 unspecified atom stereocenters.